The highest BCUT2D eigenvalue weighted by atomic mass is 16.5. The van der Waals surface area contributed by atoms with Crippen molar-refractivity contribution in [2.75, 3.05) is 7.11 Å². The van der Waals surface area contributed by atoms with Crippen LogP contribution in [0.3, 0.4) is 0 Å². The molecule has 10 heteroatoms. The molecule has 0 bridgehead atoms. The van der Waals surface area contributed by atoms with Gasteiger partial charge in [0.05, 0.1) is 29.8 Å². The Labute approximate surface area is 196 Å². The first-order valence-corrected chi connectivity index (χ1v) is 10.5. The summed E-state index contributed by atoms with van der Waals surface area (Å²) in [7, 11) is 3.43. The Bertz CT molecular complexity index is 1470. The monoisotopic (exact) mass is 456 g/mol. The van der Waals surface area contributed by atoms with Crippen molar-refractivity contribution in [2.24, 2.45) is 17.8 Å². The van der Waals surface area contributed by atoms with Gasteiger partial charge in [-0.15, -0.1) is 5.10 Å². The molecule has 0 aliphatic carbocycles. The van der Waals surface area contributed by atoms with Gasteiger partial charge in [0.1, 0.15) is 23.9 Å². The number of nitrogens with zero attached hydrogens (tertiary/aromatic N) is 7. The van der Waals surface area contributed by atoms with E-state index in [0.717, 1.165) is 22.2 Å². The number of aromatic nitrogens is 5. The van der Waals surface area contributed by atoms with Crippen LogP contribution in [0.15, 0.2) is 59.6 Å². The number of pyridine rings is 1. The average Bonchev–Trinajstić information content (AvgIpc) is 3.41. The Morgan fingerprint density at radius 2 is 2.12 bits per heavy atom. The number of fused-ring (bicyclic) bond motifs is 1. The molecule has 3 aromatic heterocycles. The molecule has 172 valence electrons. The number of allylic oxidation sites excluding steroid dienone is 2. The van der Waals surface area contributed by atoms with Crippen molar-refractivity contribution in [3.05, 3.63) is 60.2 Å². The van der Waals surface area contributed by atoms with Gasteiger partial charge in [0.2, 0.25) is 5.88 Å². The van der Waals surface area contributed by atoms with Gasteiger partial charge in [-0.3, -0.25) is 9.25 Å². The maximum absolute atomic E-state index is 10.2. The first-order valence-electron chi connectivity index (χ1n) is 10.5. The van der Waals surface area contributed by atoms with Gasteiger partial charge in [-0.2, -0.15) is 5.26 Å². The summed E-state index contributed by atoms with van der Waals surface area (Å²) in [5.41, 5.74) is 10.1. The zero-order valence-corrected chi connectivity index (χ0v) is 19.3. The molecule has 10 nitrogen and oxygen atoms in total. The Hall–Kier alpha value is -4.49. The number of aliphatic imine (C=N–C) groups is 1. The number of methoxy groups -OCH3 is 1. The van der Waals surface area contributed by atoms with Gasteiger partial charge < -0.3 is 15.6 Å². The van der Waals surface area contributed by atoms with E-state index in [1.807, 2.05) is 42.1 Å². The van der Waals surface area contributed by atoms with Gasteiger partial charge in [-0.05, 0) is 49.8 Å². The lowest BCUT2D eigenvalue weighted by molar-refractivity contribution is 0.199. The highest BCUT2D eigenvalue weighted by molar-refractivity contribution is 5.95. The van der Waals surface area contributed by atoms with Crippen molar-refractivity contribution >= 4 is 22.6 Å². The van der Waals surface area contributed by atoms with Crippen LogP contribution >= 0.6 is 0 Å². The van der Waals surface area contributed by atoms with E-state index in [4.69, 9.17) is 15.7 Å². The summed E-state index contributed by atoms with van der Waals surface area (Å²) >= 11 is 0. The van der Waals surface area contributed by atoms with Gasteiger partial charge in [-0.1, -0.05) is 6.07 Å². The maximum Gasteiger partial charge on any atom is 0.240 e. The van der Waals surface area contributed by atoms with Gasteiger partial charge >= 0.3 is 0 Å². The van der Waals surface area contributed by atoms with E-state index < -0.39 is 6.10 Å². The molecule has 0 saturated carbocycles. The number of imidazole rings is 1. The van der Waals surface area contributed by atoms with E-state index in [-0.39, 0.29) is 5.70 Å². The van der Waals surface area contributed by atoms with Crippen LogP contribution in [-0.4, -0.2) is 42.2 Å². The molecule has 0 amide bonds. The molecule has 4 aromatic rings. The predicted molar refractivity (Wildman–Crippen MR) is 129 cm³/mol. The molecule has 0 spiro atoms. The third kappa shape index (κ3) is 4.37. The van der Waals surface area contributed by atoms with Crippen molar-refractivity contribution < 1.29 is 9.84 Å². The van der Waals surface area contributed by atoms with Crippen LogP contribution in [0.1, 0.15) is 25.5 Å². The lowest BCUT2D eigenvalue weighted by atomic mass is 10.1. The van der Waals surface area contributed by atoms with Crippen LogP contribution < -0.4 is 10.5 Å². The van der Waals surface area contributed by atoms with Crippen LogP contribution in [-0.2, 0) is 7.05 Å². The van der Waals surface area contributed by atoms with E-state index in [1.165, 1.54) is 6.08 Å². The first-order chi connectivity index (χ1) is 16.3. The van der Waals surface area contributed by atoms with E-state index in [0.29, 0.717) is 28.8 Å². The smallest absolute Gasteiger partial charge is 0.240 e. The van der Waals surface area contributed by atoms with Gasteiger partial charge in [0, 0.05) is 24.5 Å². The maximum atomic E-state index is 10.2. The Morgan fingerprint density at radius 3 is 2.82 bits per heavy atom. The molecular formula is C24H24N8O2. The Kier molecular flexibility index (Phi) is 6.12. The average molecular weight is 457 g/mol. The molecule has 0 radical (unpaired) electrons. The number of hydrogen-bond donors (Lipinski definition) is 2. The zero-order valence-electron chi connectivity index (χ0n) is 19.3. The molecule has 3 N–H and O–H groups in total. The third-order valence-corrected chi connectivity index (χ3v) is 5.21. The summed E-state index contributed by atoms with van der Waals surface area (Å²) in [6, 6.07) is 11.3. The number of rotatable bonds is 6. The molecule has 0 fully saturated rings. The quantitative estimate of drug-likeness (QED) is 0.335. The summed E-state index contributed by atoms with van der Waals surface area (Å²) in [6.45, 7) is 3.36. The van der Waals surface area contributed by atoms with Crippen LogP contribution in [0.25, 0.3) is 28.0 Å². The largest absolute Gasteiger partial charge is 0.479 e. The van der Waals surface area contributed by atoms with Gasteiger partial charge in [-0.25, -0.2) is 15.0 Å². The van der Waals surface area contributed by atoms with E-state index in [1.54, 1.807) is 44.1 Å². The first kappa shape index (κ1) is 22.7. The van der Waals surface area contributed by atoms with Crippen molar-refractivity contribution in [2.45, 2.75) is 20.0 Å². The van der Waals surface area contributed by atoms with Crippen LogP contribution in [0, 0.1) is 11.3 Å². The van der Waals surface area contributed by atoms with Crippen LogP contribution in [0.2, 0.25) is 0 Å². The molecule has 1 aromatic carbocycles. The fourth-order valence-corrected chi connectivity index (χ4v) is 3.64. The minimum atomic E-state index is -0.776. The van der Waals surface area contributed by atoms with Crippen LogP contribution in [0.4, 0.5) is 5.82 Å². The molecular weight excluding hydrogens is 432 g/mol. The van der Waals surface area contributed by atoms with Crippen LogP contribution in [0.5, 0.6) is 5.88 Å². The van der Waals surface area contributed by atoms with Gasteiger partial charge in [0.15, 0.2) is 5.82 Å². The molecule has 34 heavy (non-hydrogen) atoms. The number of benzene rings is 1. The summed E-state index contributed by atoms with van der Waals surface area (Å²) in [5, 5.41) is 23.4. The SMILES string of the molecule is COc1nn(C)cc1-c1ccc2c(c1)ncn2-c1ccc(C(C)O)c(N=C(C)C=C(N)C#N)n1. The summed E-state index contributed by atoms with van der Waals surface area (Å²) in [6.07, 6.45) is 4.27. The fourth-order valence-electron chi connectivity index (χ4n) is 3.64. The second kappa shape index (κ2) is 9.17. The second-order valence-electron chi connectivity index (χ2n) is 7.77. The van der Waals surface area contributed by atoms with E-state index in [9.17, 15) is 5.11 Å². The number of aryl methyl sites for hydroxylation is 1. The third-order valence-electron chi connectivity index (χ3n) is 5.21. The van der Waals surface area contributed by atoms with Crippen molar-refractivity contribution in [3.63, 3.8) is 0 Å². The van der Waals surface area contributed by atoms with Crippen molar-refractivity contribution in [3.8, 4) is 28.9 Å². The van der Waals surface area contributed by atoms with E-state index in [2.05, 4.69) is 20.1 Å². The Balaban J connectivity index is 1.78. The number of aliphatic hydroxyl groups is 1. The number of nitriles is 1. The van der Waals surface area contributed by atoms with Crippen molar-refractivity contribution in [1.82, 2.24) is 24.3 Å². The number of aliphatic hydroxyl groups excluding tert-OH is 1. The normalized spacial score (nSPS) is 13.2. The standard InChI is InChI=1S/C24H24N8O2/c1-14(9-17(26)11-25)28-23-18(15(2)33)6-8-22(29-23)32-13-27-20-10-16(5-7-21(20)32)19-12-31(3)30-24(19)34-4/h5-10,12-13,15,33H,26H2,1-4H3. The van der Waals surface area contributed by atoms with E-state index >= 15 is 0 Å². The summed E-state index contributed by atoms with van der Waals surface area (Å²) < 4.78 is 8.93. The zero-order chi connectivity index (χ0) is 24.4. The minimum absolute atomic E-state index is 0.0395. The number of nitrogens with two attached hydrogens (primary N) is 1. The highest BCUT2D eigenvalue weighted by Gasteiger charge is 2.15. The number of ether oxygens (including phenoxy) is 1. The summed E-state index contributed by atoms with van der Waals surface area (Å²) in [4.78, 5) is 13.7. The lowest BCUT2D eigenvalue weighted by Crippen LogP contribution is -2.02. The molecule has 0 aliphatic rings. The second-order valence-corrected chi connectivity index (χ2v) is 7.77. The number of hydrogen-bond acceptors (Lipinski definition) is 8. The molecule has 4 rings (SSSR count). The highest BCUT2D eigenvalue weighted by Crippen LogP contribution is 2.32. The molecule has 3 heterocycles. The predicted octanol–water partition coefficient (Wildman–Crippen LogP) is 3.34. The van der Waals surface area contributed by atoms with Crippen molar-refractivity contribution in [1.29, 1.82) is 5.26 Å². The summed E-state index contributed by atoms with van der Waals surface area (Å²) in [5.74, 6) is 1.47. The lowest BCUT2D eigenvalue weighted by Gasteiger charge is -2.11. The molecule has 0 saturated heterocycles. The molecule has 1 unspecified atom stereocenters. The molecule has 0 aliphatic heterocycles. The topological polar surface area (TPSA) is 140 Å². The molecule has 1 atom stereocenters. The van der Waals surface area contributed by atoms with Gasteiger partial charge in [0.25, 0.3) is 0 Å². The Morgan fingerprint density at radius 1 is 1.32 bits per heavy atom. The fraction of sp³-hybridized carbons (Fsp3) is 0.208. The minimum Gasteiger partial charge on any atom is -0.479 e.